The zero-order valence-corrected chi connectivity index (χ0v) is 14.8. The van der Waals surface area contributed by atoms with Crippen LogP contribution in [0.4, 0.5) is 0 Å². The van der Waals surface area contributed by atoms with Gasteiger partial charge in [-0.05, 0) is 17.7 Å². The summed E-state index contributed by atoms with van der Waals surface area (Å²) in [6, 6.07) is 22.0. The topological polar surface area (TPSA) is 85.2 Å². The van der Waals surface area contributed by atoms with Gasteiger partial charge in [-0.15, -0.1) is 0 Å². The van der Waals surface area contributed by atoms with Gasteiger partial charge in [0.15, 0.2) is 12.4 Å². The lowest BCUT2D eigenvalue weighted by Crippen LogP contribution is -2.19. The van der Waals surface area contributed by atoms with E-state index in [1.54, 1.807) is 12.3 Å². The molecule has 0 saturated carbocycles. The Balaban J connectivity index is 1.44. The summed E-state index contributed by atoms with van der Waals surface area (Å²) in [5.74, 6) is 0.0987. The Morgan fingerprint density at radius 3 is 2.29 bits per heavy atom. The minimum absolute atomic E-state index is 0.0745. The zero-order valence-electron chi connectivity index (χ0n) is 14.8. The summed E-state index contributed by atoms with van der Waals surface area (Å²) in [5.41, 5.74) is 1.77. The van der Waals surface area contributed by atoms with Gasteiger partial charge in [-0.1, -0.05) is 60.7 Å². The van der Waals surface area contributed by atoms with Gasteiger partial charge in [0.2, 0.25) is 5.89 Å². The second-order valence-corrected chi connectivity index (χ2v) is 6.04. The number of carbonyl (C=O) groups is 1. The van der Waals surface area contributed by atoms with Gasteiger partial charge < -0.3 is 14.1 Å². The van der Waals surface area contributed by atoms with Gasteiger partial charge in [0, 0.05) is 11.3 Å². The lowest BCUT2D eigenvalue weighted by molar-refractivity contribution is 0.0437. The molecule has 6 heteroatoms. The van der Waals surface area contributed by atoms with Crippen LogP contribution in [0.3, 0.4) is 0 Å². The molecule has 6 nitrogen and oxygen atoms in total. The second-order valence-electron chi connectivity index (χ2n) is 6.04. The third-order valence-corrected chi connectivity index (χ3v) is 4.15. The van der Waals surface area contributed by atoms with E-state index in [9.17, 15) is 9.59 Å². The quantitative estimate of drug-likeness (QED) is 0.534. The smallest absolute Gasteiger partial charge is 0.344 e. The van der Waals surface area contributed by atoms with Crippen LogP contribution in [0, 0.1) is 0 Å². The molecule has 0 unspecified atom stereocenters. The molecule has 4 aromatic rings. The summed E-state index contributed by atoms with van der Waals surface area (Å²) < 4.78 is 10.8. The number of aromatic amines is 1. The number of pyridine rings is 1. The van der Waals surface area contributed by atoms with Gasteiger partial charge in [-0.2, -0.15) is 0 Å². The summed E-state index contributed by atoms with van der Waals surface area (Å²) in [6.07, 6.45) is 1.57. The molecule has 0 aliphatic rings. The molecule has 0 spiro atoms. The molecule has 0 aliphatic carbocycles. The molecule has 0 radical (unpaired) electrons. The Morgan fingerprint density at radius 2 is 1.61 bits per heavy atom. The van der Waals surface area contributed by atoms with Crippen molar-refractivity contribution in [2.75, 3.05) is 0 Å². The first-order valence-corrected chi connectivity index (χ1v) is 8.67. The Hall–Kier alpha value is -3.93. The lowest BCUT2D eigenvalue weighted by Gasteiger charge is -2.04. The number of rotatable bonds is 5. The van der Waals surface area contributed by atoms with Gasteiger partial charge in [0.25, 0.3) is 5.56 Å². The maximum atomic E-state index is 12.3. The van der Waals surface area contributed by atoms with Crippen LogP contribution < -0.4 is 5.56 Å². The number of hydrogen-bond acceptors (Lipinski definition) is 5. The third-order valence-electron chi connectivity index (χ3n) is 4.15. The molecule has 0 amide bonds. The number of hydrogen-bond donors (Lipinski definition) is 1. The van der Waals surface area contributed by atoms with E-state index in [1.807, 2.05) is 60.7 Å². The van der Waals surface area contributed by atoms with Crippen molar-refractivity contribution in [3.63, 3.8) is 0 Å². The fourth-order valence-electron chi connectivity index (χ4n) is 2.74. The van der Waals surface area contributed by atoms with Crippen molar-refractivity contribution in [2.24, 2.45) is 0 Å². The molecule has 1 N–H and O–H groups in total. The fraction of sp³-hybridized carbons (Fsp3) is 0.0455. The molecule has 2 heterocycles. The summed E-state index contributed by atoms with van der Waals surface area (Å²) >= 11 is 0. The summed E-state index contributed by atoms with van der Waals surface area (Å²) in [7, 11) is 0. The van der Waals surface area contributed by atoms with Crippen molar-refractivity contribution < 1.29 is 13.9 Å². The average molecular weight is 372 g/mol. The molecule has 4 rings (SSSR count). The zero-order chi connectivity index (χ0) is 19.3. The normalized spacial score (nSPS) is 10.6. The van der Waals surface area contributed by atoms with Gasteiger partial charge in [-0.25, -0.2) is 9.78 Å². The number of ether oxygens (including phenoxy) is 1. The molecule has 0 fully saturated rings. The van der Waals surface area contributed by atoms with Gasteiger partial charge in [0.1, 0.15) is 5.56 Å². The maximum absolute atomic E-state index is 12.3. The number of nitrogens with one attached hydrogen (secondary N) is 1. The van der Waals surface area contributed by atoms with Crippen molar-refractivity contribution in [2.45, 2.75) is 6.61 Å². The molecule has 0 saturated heterocycles. The van der Waals surface area contributed by atoms with Gasteiger partial charge >= 0.3 is 5.97 Å². The minimum Gasteiger partial charge on any atom is -0.452 e. The molecule has 2 aromatic carbocycles. The Labute approximate surface area is 160 Å². The van der Waals surface area contributed by atoms with Crippen molar-refractivity contribution >= 4 is 5.97 Å². The van der Waals surface area contributed by atoms with E-state index < -0.39 is 11.5 Å². The van der Waals surface area contributed by atoms with Crippen LogP contribution in [0.1, 0.15) is 16.2 Å². The van der Waals surface area contributed by atoms with Crippen molar-refractivity contribution in [3.8, 4) is 22.6 Å². The average Bonchev–Trinajstić information content (AvgIpc) is 3.22. The van der Waals surface area contributed by atoms with Crippen LogP contribution in [-0.4, -0.2) is 15.9 Å². The summed E-state index contributed by atoms with van der Waals surface area (Å²) in [4.78, 5) is 31.3. The third kappa shape index (κ3) is 3.76. The van der Waals surface area contributed by atoms with Crippen LogP contribution in [0.2, 0.25) is 0 Å². The van der Waals surface area contributed by atoms with Crippen molar-refractivity contribution in [1.29, 1.82) is 0 Å². The van der Waals surface area contributed by atoms with Crippen LogP contribution in [0.5, 0.6) is 0 Å². The van der Waals surface area contributed by atoms with E-state index >= 15 is 0 Å². The number of esters is 1. The highest BCUT2D eigenvalue weighted by Gasteiger charge is 2.15. The molecule has 138 valence electrons. The lowest BCUT2D eigenvalue weighted by atomic mass is 10.1. The maximum Gasteiger partial charge on any atom is 0.344 e. The first-order chi connectivity index (χ1) is 13.7. The Morgan fingerprint density at radius 1 is 0.929 bits per heavy atom. The minimum atomic E-state index is -0.736. The van der Waals surface area contributed by atoms with E-state index in [2.05, 4.69) is 9.97 Å². The van der Waals surface area contributed by atoms with Crippen LogP contribution in [0.25, 0.3) is 22.6 Å². The first-order valence-electron chi connectivity index (χ1n) is 8.67. The number of aromatic nitrogens is 2. The second kappa shape index (κ2) is 7.75. The first kappa shape index (κ1) is 17.5. The van der Waals surface area contributed by atoms with Crippen LogP contribution in [0.15, 0.2) is 88.2 Å². The number of nitrogens with zero attached hydrogens (tertiary/aromatic N) is 1. The van der Waals surface area contributed by atoms with E-state index in [0.717, 1.165) is 11.1 Å². The summed E-state index contributed by atoms with van der Waals surface area (Å²) in [6.45, 7) is -0.161. The SMILES string of the molecule is O=C(OCc1ncc(-c2ccccc2)o1)c1ccc(-c2ccccc2)[nH]c1=O. The molecule has 0 atom stereocenters. The van der Waals surface area contributed by atoms with E-state index in [-0.39, 0.29) is 18.1 Å². The monoisotopic (exact) mass is 372 g/mol. The Bertz CT molecular complexity index is 1150. The predicted molar refractivity (Wildman–Crippen MR) is 104 cm³/mol. The highest BCUT2D eigenvalue weighted by atomic mass is 16.5. The van der Waals surface area contributed by atoms with Crippen LogP contribution in [-0.2, 0) is 11.3 Å². The van der Waals surface area contributed by atoms with Crippen LogP contribution >= 0.6 is 0 Å². The molecule has 28 heavy (non-hydrogen) atoms. The highest BCUT2D eigenvalue weighted by Crippen LogP contribution is 2.20. The largest absolute Gasteiger partial charge is 0.452 e. The molecule has 0 bridgehead atoms. The molecule has 0 aliphatic heterocycles. The summed E-state index contributed by atoms with van der Waals surface area (Å²) in [5, 5.41) is 0. The molecular weight excluding hydrogens is 356 g/mol. The highest BCUT2D eigenvalue weighted by molar-refractivity contribution is 5.89. The number of H-pyrrole nitrogens is 1. The fourth-order valence-corrected chi connectivity index (χ4v) is 2.74. The van der Waals surface area contributed by atoms with Crippen molar-refractivity contribution in [1.82, 2.24) is 9.97 Å². The number of carbonyl (C=O) groups excluding carboxylic acids is 1. The van der Waals surface area contributed by atoms with Gasteiger partial charge in [-0.3, -0.25) is 4.79 Å². The Kier molecular flexibility index (Phi) is 4.84. The molecular formula is C22H16N2O4. The number of benzene rings is 2. The standard InChI is InChI=1S/C22H16N2O4/c25-21-17(11-12-18(24-21)15-7-3-1-4-8-15)22(26)27-14-20-23-13-19(28-20)16-9-5-2-6-10-16/h1-13H,14H2,(H,24,25). The van der Waals surface area contributed by atoms with E-state index in [4.69, 9.17) is 9.15 Å². The number of oxazole rings is 1. The van der Waals surface area contributed by atoms with Crippen molar-refractivity contribution in [3.05, 3.63) is 101 Å². The van der Waals surface area contributed by atoms with E-state index in [1.165, 1.54) is 6.07 Å². The predicted octanol–water partition coefficient (Wildman–Crippen LogP) is 4.05. The van der Waals surface area contributed by atoms with Gasteiger partial charge in [0.05, 0.1) is 6.20 Å². The molecule has 2 aromatic heterocycles. The van der Waals surface area contributed by atoms with E-state index in [0.29, 0.717) is 11.5 Å².